The number of carbonyl (C=O) groups is 1. The first kappa shape index (κ1) is 11.6. The topological polar surface area (TPSA) is 63.3 Å². The molecule has 1 aromatic carbocycles. The van der Waals surface area contributed by atoms with Crippen LogP contribution in [-0.2, 0) is 0 Å². The van der Waals surface area contributed by atoms with Gasteiger partial charge in [0.1, 0.15) is 5.75 Å². The average Bonchev–Trinajstić information content (AvgIpc) is 2.68. The summed E-state index contributed by atoms with van der Waals surface area (Å²) < 4.78 is 0. The Labute approximate surface area is 107 Å². The van der Waals surface area contributed by atoms with E-state index in [1.807, 2.05) is 12.1 Å². The Morgan fingerprint density at radius 2 is 1.83 bits per heavy atom. The lowest BCUT2D eigenvalue weighted by Gasteiger charge is -2.28. The van der Waals surface area contributed by atoms with Crippen molar-refractivity contribution in [3.8, 4) is 5.75 Å². The van der Waals surface area contributed by atoms with E-state index in [-0.39, 0.29) is 11.3 Å². The number of phenols is 1. The Morgan fingerprint density at radius 3 is 2.44 bits per heavy atom. The molecule has 0 radical (unpaired) electrons. The van der Waals surface area contributed by atoms with Crippen molar-refractivity contribution in [2.45, 2.75) is 38.0 Å². The number of nitrogens with two attached hydrogens (primary N) is 1. The second kappa shape index (κ2) is 4.30. The van der Waals surface area contributed by atoms with Gasteiger partial charge in [0.25, 0.3) is 5.91 Å². The number of primary amides is 1. The third-order valence-electron chi connectivity index (χ3n) is 4.66. The van der Waals surface area contributed by atoms with Crippen LogP contribution in [0.4, 0.5) is 0 Å². The van der Waals surface area contributed by atoms with Gasteiger partial charge in [-0.25, -0.2) is 0 Å². The normalized spacial score (nSPS) is 30.3. The van der Waals surface area contributed by atoms with E-state index in [9.17, 15) is 9.90 Å². The lowest BCUT2D eigenvalue weighted by molar-refractivity contribution is 0.0997. The number of benzene rings is 1. The maximum Gasteiger partial charge on any atom is 0.252 e. The van der Waals surface area contributed by atoms with Crippen LogP contribution in [0.5, 0.6) is 5.75 Å². The Hall–Kier alpha value is -1.51. The summed E-state index contributed by atoms with van der Waals surface area (Å²) in [5, 5.41) is 10.2. The standard InChI is InChI=1S/C15H19NO2/c16-15(18)13-3-1-2-12(14(13)17)11-7-9-4-5-10(6-9)8-11/h1-3,9-11,17H,4-8H2,(H2,16,18). The molecule has 3 rings (SSSR count). The molecule has 0 saturated heterocycles. The van der Waals surface area contributed by atoms with Crippen LogP contribution in [0.1, 0.15) is 53.9 Å². The molecule has 18 heavy (non-hydrogen) atoms. The molecule has 1 aromatic rings. The summed E-state index contributed by atoms with van der Waals surface area (Å²) in [6.45, 7) is 0. The second-order valence-corrected chi connectivity index (χ2v) is 5.82. The van der Waals surface area contributed by atoms with Crippen LogP contribution >= 0.6 is 0 Å². The molecule has 0 aromatic heterocycles. The Bertz CT molecular complexity index is 471. The van der Waals surface area contributed by atoms with Gasteiger partial charge in [0, 0.05) is 0 Å². The van der Waals surface area contributed by atoms with Crippen molar-refractivity contribution in [1.29, 1.82) is 0 Å². The van der Waals surface area contributed by atoms with E-state index >= 15 is 0 Å². The molecule has 2 saturated carbocycles. The number of hydrogen-bond acceptors (Lipinski definition) is 2. The van der Waals surface area contributed by atoms with Gasteiger partial charge in [-0.1, -0.05) is 25.0 Å². The van der Waals surface area contributed by atoms with Gasteiger partial charge in [0.15, 0.2) is 0 Å². The third-order valence-corrected chi connectivity index (χ3v) is 4.66. The fourth-order valence-electron chi connectivity index (χ4n) is 3.85. The molecule has 2 bridgehead atoms. The van der Waals surface area contributed by atoms with Gasteiger partial charge in [0.2, 0.25) is 0 Å². The van der Waals surface area contributed by atoms with Crippen molar-refractivity contribution in [3.05, 3.63) is 29.3 Å². The van der Waals surface area contributed by atoms with Gasteiger partial charge in [-0.2, -0.15) is 0 Å². The molecule has 2 unspecified atom stereocenters. The van der Waals surface area contributed by atoms with E-state index in [0.29, 0.717) is 5.92 Å². The maximum absolute atomic E-state index is 11.3. The van der Waals surface area contributed by atoms with Crippen molar-refractivity contribution in [2.24, 2.45) is 17.6 Å². The summed E-state index contributed by atoms with van der Waals surface area (Å²) in [5.41, 5.74) is 6.46. The van der Waals surface area contributed by atoms with E-state index < -0.39 is 5.91 Å². The van der Waals surface area contributed by atoms with E-state index in [0.717, 1.165) is 30.2 Å². The summed E-state index contributed by atoms with van der Waals surface area (Å²) in [6.07, 6.45) is 6.31. The predicted octanol–water partition coefficient (Wildman–Crippen LogP) is 2.78. The molecular weight excluding hydrogens is 226 g/mol. The summed E-state index contributed by atoms with van der Waals surface area (Å²) in [7, 11) is 0. The summed E-state index contributed by atoms with van der Waals surface area (Å²) >= 11 is 0. The van der Waals surface area contributed by atoms with Crippen molar-refractivity contribution in [2.75, 3.05) is 0 Å². The van der Waals surface area contributed by atoms with Crippen LogP contribution in [0.15, 0.2) is 18.2 Å². The minimum atomic E-state index is -0.548. The third kappa shape index (κ3) is 1.88. The summed E-state index contributed by atoms with van der Waals surface area (Å²) in [6, 6.07) is 5.36. The highest BCUT2D eigenvalue weighted by Gasteiger charge is 2.35. The predicted molar refractivity (Wildman–Crippen MR) is 69.4 cm³/mol. The Kier molecular flexibility index (Phi) is 2.77. The molecule has 96 valence electrons. The van der Waals surface area contributed by atoms with Crippen molar-refractivity contribution < 1.29 is 9.90 Å². The van der Waals surface area contributed by atoms with Crippen molar-refractivity contribution in [1.82, 2.24) is 0 Å². The SMILES string of the molecule is NC(=O)c1cccc(C2CC3CCC(C3)C2)c1O. The number of hydrogen-bond donors (Lipinski definition) is 2. The fraction of sp³-hybridized carbons (Fsp3) is 0.533. The van der Waals surface area contributed by atoms with Gasteiger partial charge >= 0.3 is 0 Å². The quantitative estimate of drug-likeness (QED) is 0.841. The minimum absolute atomic E-state index is 0.108. The molecule has 1 amide bonds. The van der Waals surface area contributed by atoms with Gasteiger partial charge in [0.05, 0.1) is 5.56 Å². The molecule has 2 aliphatic rings. The maximum atomic E-state index is 11.3. The van der Waals surface area contributed by atoms with Crippen LogP contribution in [0.25, 0.3) is 0 Å². The zero-order valence-electron chi connectivity index (χ0n) is 10.4. The first-order valence-corrected chi connectivity index (χ1v) is 6.77. The van der Waals surface area contributed by atoms with Gasteiger partial charge in [-0.15, -0.1) is 0 Å². The molecule has 0 spiro atoms. The zero-order valence-corrected chi connectivity index (χ0v) is 10.4. The molecule has 2 fully saturated rings. The highest BCUT2D eigenvalue weighted by atomic mass is 16.3. The van der Waals surface area contributed by atoms with E-state index in [2.05, 4.69) is 0 Å². The first-order valence-electron chi connectivity index (χ1n) is 6.77. The number of rotatable bonds is 2. The first-order chi connectivity index (χ1) is 8.65. The van der Waals surface area contributed by atoms with Gasteiger partial charge in [-0.3, -0.25) is 4.79 Å². The number of fused-ring (bicyclic) bond motifs is 2. The van der Waals surface area contributed by atoms with Crippen LogP contribution < -0.4 is 5.73 Å². The highest BCUT2D eigenvalue weighted by molar-refractivity contribution is 5.96. The number of carbonyl (C=O) groups excluding carboxylic acids is 1. The Morgan fingerprint density at radius 1 is 1.17 bits per heavy atom. The molecule has 2 atom stereocenters. The summed E-state index contributed by atoms with van der Waals surface area (Å²) in [4.78, 5) is 11.3. The van der Waals surface area contributed by atoms with Gasteiger partial charge < -0.3 is 10.8 Å². The van der Waals surface area contributed by atoms with E-state index in [1.54, 1.807) is 6.07 Å². The molecule has 3 N–H and O–H groups in total. The molecule has 0 heterocycles. The van der Waals surface area contributed by atoms with Gasteiger partial charge in [-0.05, 0) is 48.6 Å². The van der Waals surface area contributed by atoms with E-state index in [1.165, 1.54) is 19.3 Å². The molecular formula is C15H19NO2. The lowest BCUT2D eigenvalue weighted by atomic mass is 9.77. The molecule has 3 nitrogen and oxygen atoms in total. The average molecular weight is 245 g/mol. The lowest BCUT2D eigenvalue weighted by Crippen LogP contribution is -2.16. The molecule has 3 heteroatoms. The molecule has 2 aliphatic carbocycles. The van der Waals surface area contributed by atoms with Crippen molar-refractivity contribution in [3.63, 3.8) is 0 Å². The Balaban J connectivity index is 1.92. The van der Waals surface area contributed by atoms with Crippen LogP contribution in [0.3, 0.4) is 0 Å². The minimum Gasteiger partial charge on any atom is -0.507 e. The molecule has 0 aliphatic heterocycles. The second-order valence-electron chi connectivity index (χ2n) is 5.82. The number of aromatic hydroxyl groups is 1. The van der Waals surface area contributed by atoms with Crippen molar-refractivity contribution >= 4 is 5.91 Å². The van der Waals surface area contributed by atoms with Crippen LogP contribution in [0, 0.1) is 11.8 Å². The summed E-state index contributed by atoms with van der Waals surface area (Å²) in [5.74, 6) is 1.58. The zero-order chi connectivity index (χ0) is 12.7. The monoisotopic (exact) mass is 245 g/mol. The smallest absolute Gasteiger partial charge is 0.252 e. The van der Waals surface area contributed by atoms with Crippen LogP contribution in [-0.4, -0.2) is 11.0 Å². The largest absolute Gasteiger partial charge is 0.507 e. The fourth-order valence-corrected chi connectivity index (χ4v) is 3.85. The van der Waals surface area contributed by atoms with Crippen LogP contribution in [0.2, 0.25) is 0 Å². The highest BCUT2D eigenvalue weighted by Crippen LogP contribution is 2.49. The number of amides is 1. The van der Waals surface area contributed by atoms with E-state index in [4.69, 9.17) is 5.73 Å². The number of para-hydroxylation sites is 1.